The number of halogens is 3. The third-order valence-electron chi connectivity index (χ3n) is 3.58. The lowest BCUT2D eigenvalue weighted by molar-refractivity contribution is 0.0931. The summed E-state index contributed by atoms with van der Waals surface area (Å²) in [5.41, 5.74) is 0.121. The van der Waals surface area contributed by atoms with Gasteiger partial charge in [0.05, 0.1) is 5.56 Å². The number of aryl methyl sites for hydroxylation is 1. The molecule has 0 bridgehead atoms. The van der Waals surface area contributed by atoms with E-state index in [2.05, 4.69) is 0 Å². The van der Waals surface area contributed by atoms with Gasteiger partial charge in [-0.2, -0.15) is 0 Å². The molecule has 22 heavy (non-hydrogen) atoms. The van der Waals surface area contributed by atoms with Crippen LogP contribution < -0.4 is 0 Å². The molecule has 0 unspecified atom stereocenters. The second kappa shape index (κ2) is 6.34. The molecule has 0 radical (unpaired) electrons. The molecule has 0 aliphatic heterocycles. The van der Waals surface area contributed by atoms with Crippen LogP contribution in [0.2, 0.25) is 0 Å². The van der Waals surface area contributed by atoms with E-state index in [1.807, 2.05) is 0 Å². The van der Waals surface area contributed by atoms with Crippen molar-refractivity contribution in [1.29, 1.82) is 0 Å². The zero-order valence-electron chi connectivity index (χ0n) is 12.7. The Labute approximate surface area is 127 Å². The first-order valence-corrected chi connectivity index (χ1v) is 7.17. The van der Waals surface area contributed by atoms with Gasteiger partial charge in [-0.15, -0.1) is 0 Å². The lowest BCUT2D eigenvalue weighted by Crippen LogP contribution is -2.12. The van der Waals surface area contributed by atoms with Crippen LogP contribution in [-0.2, 0) is 6.42 Å². The Morgan fingerprint density at radius 2 is 1.68 bits per heavy atom. The van der Waals surface area contributed by atoms with E-state index in [4.69, 9.17) is 0 Å². The highest BCUT2D eigenvalue weighted by Crippen LogP contribution is 2.29. The summed E-state index contributed by atoms with van der Waals surface area (Å²) in [6.45, 7) is 4.94. The first kappa shape index (κ1) is 16.3. The number of ketones is 1. The summed E-state index contributed by atoms with van der Waals surface area (Å²) >= 11 is 0. The number of benzene rings is 2. The van der Waals surface area contributed by atoms with Gasteiger partial charge in [0.15, 0.2) is 5.78 Å². The fourth-order valence-electron chi connectivity index (χ4n) is 2.33. The normalized spacial score (nSPS) is 11.0. The summed E-state index contributed by atoms with van der Waals surface area (Å²) in [6, 6.07) is 6.75. The lowest BCUT2D eigenvalue weighted by Gasteiger charge is -2.11. The molecule has 0 heterocycles. The van der Waals surface area contributed by atoms with E-state index in [0.717, 1.165) is 12.1 Å². The van der Waals surface area contributed by atoms with Gasteiger partial charge in [-0.1, -0.05) is 39.0 Å². The number of hydrogen-bond acceptors (Lipinski definition) is 1. The molecule has 4 heteroatoms. The Morgan fingerprint density at radius 1 is 1.09 bits per heavy atom. The van der Waals surface area contributed by atoms with Gasteiger partial charge >= 0.3 is 0 Å². The number of rotatable bonds is 4. The van der Waals surface area contributed by atoms with Crippen molar-refractivity contribution >= 4 is 5.78 Å². The second-order valence-electron chi connectivity index (χ2n) is 5.47. The molecule has 0 saturated heterocycles. The maximum Gasteiger partial charge on any atom is 0.171 e. The van der Waals surface area contributed by atoms with Crippen LogP contribution >= 0.6 is 0 Å². The van der Waals surface area contributed by atoms with Crippen molar-refractivity contribution in [1.82, 2.24) is 0 Å². The van der Waals surface area contributed by atoms with Gasteiger partial charge in [0.2, 0.25) is 0 Å². The largest absolute Gasteiger partial charge is 0.294 e. The summed E-state index contributed by atoms with van der Waals surface area (Å²) in [5.74, 6) is -3.55. The molecule has 0 aliphatic rings. The SMILES string of the molecule is CCc1cccc(-c2cc(F)c(C(=O)C(C)C)c(F)c2)c1F. The van der Waals surface area contributed by atoms with Crippen LogP contribution in [-0.4, -0.2) is 5.78 Å². The van der Waals surface area contributed by atoms with Crippen molar-refractivity contribution in [2.45, 2.75) is 27.2 Å². The molecule has 2 rings (SSSR count). The highest BCUT2D eigenvalue weighted by molar-refractivity contribution is 5.98. The van der Waals surface area contributed by atoms with Crippen molar-refractivity contribution in [3.05, 3.63) is 58.9 Å². The quantitative estimate of drug-likeness (QED) is 0.712. The fraction of sp³-hybridized carbons (Fsp3) is 0.278. The average Bonchev–Trinajstić information content (AvgIpc) is 2.46. The van der Waals surface area contributed by atoms with Crippen molar-refractivity contribution in [2.75, 3.05) is 0 Å². The second-order valence-corrected chi connectivity index (χ2v) is 5.47. The van der Waals surface area contributed by atoms with E-state index in [1.54, 1.807) is 32.9 Å². The molecule has 1 nitrogen and oxygen atoms in total. The van der Waals surface area contributed by atoms with Crippen LogP contribution in [0.25, 0.3) is 11.1 Å². The summed E-state index contributed by atoms with van der Waals surface area (Å²) in [5, 5.41) is 0. The van der Waals surface area contributed by atoms with Crippen LogP contribution in [0.4, 0.5) is 13.2 Å². The maximum atomic E-state index is 14.3. The summed E-state index contributed by atoms with van der Waals surface area (Å²) in [6.07, 6.45) is 0.481. The number of Topliss-reactive ketones (excluding diaryl/α,β-unsaturated/α-hetero) is 1. The molecule has 0 atom stereocenters. The summed E-state index contributed by atoms with van der Waals surface area (Å²) in [7, 11) is 0. The molecule has 0 fully saturated rings. The van der Waals surface area contributed by atoms with Crippen LogP contribution in [0.3, 0.4) is 0 Å². The van der Waals surface area contributed by atoms with Gasteiger partial charge in [0.25, 0.3) is 0 Å². The molecule has 0 saturated carbocycles. The van der Waals surface area contributed by atoms with E-state index in [-0.39, 0.29) is 11.1 Å². The zero-order chi connectivity index (χ0) is 16.4. The van der Waals surface area contributed by atoms with E-state index in [1.165, 1.54) is 6.07 Å². The standard InChI is InChI=1S/C18H17F3O/c1-4-11-6-5-7-13(17(11)21)12-8-14(19)16(15(20)9-12)18(22)10(2)3/h5-10H,4H2,1-3H3. The van der Waals surface area contributed by atoms with E-state index in [9.17, 15) is 18.0 Å². The van der Waals surface area contributed by atoms with Gasteiger partial charge < -0.3 is 0 Å². The summed E-state index contributed by atoms with van der Waals surface area (Å²) < 4.78 is 42.6. The van der Waals surface area contributed by atoms with E-state index < -0.39 is 34.7 Å². The van der Waals surface area contributed by atoms with Crippen LogP contribution in [0.15, 0.2) is 30.3 Å². The minimum atomic E-state index is -0.963. The van der Waals surface area contributed by atoms with Crippen LogP contribution in [0.1, 0.15) is 36.7 Å². The minimum absolute atomic E-state index is 0.0862. The third kappa shape index (κ3) is 2.91. The number of hydrogen-bond donors (Lipinski definition) is 0. The lowest BCUT2D eigenvalue weighted by atomic mass is 9.95. The minimum Gasteiger partial charge on any atom is -0.294 e. The maximum absolute atomic E-state index is 14.3. The highest BCUT2D eigenvalue weighted by Gasteiger charge is 2.22. The van der Waals surface area contributed by atoms with Crippen LogP contribution in [0, 0.1) is 23.4 Å². The number of carbonyl (C=O) groups excluding carboxylic acids is 1. The predicted molar refractivity (Wildman–Crippen MR) is 80.3 cm³/mol. The van der Waals surface area contributed by atoms with Crippen molar-refractivity contribution in [2.24, 2.45) is 5.92 Å². The Hall–Kier alpha value is -2.10. The third-order valence-corrected chi connectivity index (χ3v) is 3.58. The van der Waals surface area contributed by atoms with Gasteiger partial charge in [-0.3, -0.25) is 4.79 Å². The molecular formula is C18H17F3O. The van der Waals surface area contributed by atoms with Crippen molar-refractivity contribution < 1.29 is 18.0 Å². The fourth-order valence-corrected chi connectivity index (χ4v) is 2.33. The van der Waals surface area contributed by atoms with E-state index in [0.29, 0.717) is 12.0 Å². The topological polar surface area (TPSA) is 17.1 Å². The van der Waals surface area contributed by atoms with E-state index >= 15 is 0 Å². The van der Waals surface area contributed by atoms with Gasteiger partial charge in [-0.25, -0.2) is 13.2 Å². The molecule has 0 N–H and O–H groups in total. The first-order valence-electron chi connectivity index (χ1n) is 7.17. The molecule has 0 aromatic heterocycles. The molecule has 116 valence electrons. The average molecular weight is 306 g/mol. The predicted octanol–water partition coefficient (Wildman–Crippen LogP) is 5.17. The Bertz CT molecular complexity index is 697. The molecule has 2 aromatic carbocycles. The van der Waals surface area contributed by atoms with Crippen molar-refractivity contribution in [3.8, 4) is 11.1 Å². The molecule has 0 spiro atoms. The van der Waals surface area contributed by atoms with Gasteiger partial charge in [0, 0.05) is 11.5 Å². The van der Waals surface area contributed by atoms with Gasteiger partial charge in [0.1, 0.15) is 17.5 Å². The monoisotopic (exact) mass is 306 g/mol. The zero-order valence-corrected chi connectivity index (χ0v) is 12.7. The molecule has 0 aliphatic carbocycles. The Morgan fingerprint density at radius 3 is 2.18 bits per heavy atom. The van der Waals surface area contributed by atoms with Gasteiger partial charge in [-0.05, 0) is 29.7 Å². The summed E-state index contributed by atoms with van der Waals surface area (Å²) in [4.78, 5) is 11.8. The Balaban J connectivity index is 2.59. The first-order chi connectivity index (χ1) is 10.4. The van der Waals surface area contributed by atoms with Crippen LogP contribution in [0.5, 0.6) is 0 Å². The van der Waals surface area contributed by atoms with Crippen molar-refractivity contribution in [3.63, 3.8) is 0 Å². The molecule has 0 amide bonds. The highest BCUT2D eigenvalue weighted by atomic mass is 19.1. The molecular weight excluding hydrogens is 289 g/mol. The smallest absolute Gasteiger partial charge is 0.171 e. The Kier molecular flexibility index (Phi) is 4.69. The molecule has 2 aromatic rings. The number of carbonyl (C=O) groups is 1.